The largest absolute Gasteiger partial charge is 0.396 e. The Morgan fingerprint density at radius 3 is 2.71 bits per heavy atom. The molecule has 0 aliphatic heterocycles. The van der Waals surface area contributed by atoms with E-state index < -0.39 is 9.84 Å². The van der Waals surface area contributed by atoms with E-state index in [1.165, 1.54) is 17.6 Å². The summed E-state index contributed by atoms with van der Waals surface area (Å²) >= 11 is 2.86. The summed E-state index contributed by atoms with van der Waals surface area (Å²) in [6.45, 7) is 0.178. The van der Waals surface area contributed by atoms with Crippen LogP contribution in [0.3, 0.4) is 0 Å². The molecule has 1 heterocycles. The van der Waals surface area contributed by atoms with Gasteiger partial charge < -0.3 is 5.11 Å². The van der Waals surface area contributed by atoms with Crippen molar-refractivity contribution in [2.45, 2.75) is 14.8 Å². The van der Waals surface area contributed by atoms with Gasteiger partial charge >= 0.3 is 0 Å². The fourth-order valence-electron chi connectivity index (χ4n) is 0.817. The summed E-state index contributed by atoms with van der Waals surface area (Å²) < 4.78 is 23.7. The molecule has 6 heteroatoms. The molecule has 0 radical (unpaired) electrons. The molecule has 1 aromatic heterocycles. The third kappa shape index (κ3) is 3.61. The molecule has 0 atom stereocenters. The van der Waals surface area contributed by atoms with E-state index in [1.54, 1.807) is 17.8 Å². The van der Waals surface area contributed by atoms with Gasteiger partial charge in [-0.15, -0.1) is 23.1 Å². The first-order chi connectivity index (χ1) is 6.54. The summed E-state index contributed by atoms with van der Waals surface area (Å²) in [7, 11) is -3.06. The zero-order chi connectivity index (χ0) is 10.6. The second-order valence-electron chi connectivity index (χ2n) is 2.77. The second-order valence-corrected chi connectivity index (χ2v) is 7.49. The van der Waals surface area contributed by atoms with E-state index in [2.05, 4.69) is 0 Å². The first-order valence-electron chi connectivity index (χ1n) is 4.07. The predicted octanol–water partition coefficient (Wildman–Crippen LogP) is 1.63. The number of thioether (sulfide) groups is 1. The van der Waals surface area contributed by atoms with E-state index in [0.717, 1.165) is 16.4 Å². The van der Waals surface area contributed by atoms with Crippen LogP contribution in [0, 0.1) is 0 Å². The summed E-state index contributed by atoms with van der Waals surface area (Å²) in [6, 6.07) is 3.43. The van der Waals surface area contributed by atoms with Crippen LogP contribution in [0.5, 0.6) is 0 Å². The highest BCUT2D eigenvalue weighted by Gasteiger charge is 2.10. The molecule has 0 amide bonds. The summed E-state index contributed by atoms with van der Waals surface area (Å²) in [4.78, 5) is 0. The van der Waals surface area contributed by atoms with E-state index in [0.29, 0.717) is 4.21 Å². The molecular weight excluding hydrogens is 240 g/mol. The molecule has 80 valence electrons. The van der Waals surface area contributed by atoms with Crippen LogP contribution in [0.25, 0.3) is 0 Å². The number of sulfone groups is 1. The van der Waals surface area contributed by atoms with Crippen molar-refractivity contribution in [3.63, 3.8) is 0 Å². The molecule has 0 aromatic carbocycles. The quantitative estimate of drug-likeness (QED) is 0.639. The molecule has 0 saturated carbocycles. The van der Waals surface area contributed by atoms with Crippen molar-refractivity contribution in [3.05, 3.63) is 12.1 Å². The van der Waals surface area contributed by atoms with Crippen LogP contribution in [0.15, 0.2) is 20.6 Å². The van der Waals surface area contributed by atoms with E-state index >= 15 is 0 Å². The lowest BCUT2D eigenvalue weighted by molar-refractivity contribution is 0.296. The lowest BCUT2D eigenvalue weighted by Gasteiger charge is -1.94. The van der Waals surface area contributed by atoms with Crippen LogP contribution in [0.2, 0.25) is 0 Å². The Hall–Kier alpha value is -0.0400. The maximum Gasteiger partial charge on any atom is 0.184 e. The van der Waals surface area contributed by atoms with Gasteiger partial charge in [0.2, 0.25) is 0 Å². The molecule has 1 N–H and O–H groups in total. The van der Waals surface area contributed by atoms with Gasteiger partial charge in [-0.1, -0.05) is 0 Å². The molecule has 0 saturated heterocycles. The van der Waals surface area contributed by atoms with Gasteiger partial charge in [0, 0.05) is 18.6 Å². The van der Waals surface area contributed by atoms with Gasteiger partial charge in [0.25, 0.3) is 0 Å². The first-order valence-corrected chi connectivity index (χ1v) is 7.77. The van der Waals surface area contributed by atoms with E-state index in [1.807, 2.05) is 6.07 Å². The lowest BCUT2D eigenvalue weighted by Crippen LogP contribution is -1.91. The predicted molar refractivity (Wildman–Crippen MR) is 59.9 cm³/mol. The number of hydrogen-bond donors (Lipinski definition) is 1. The van der Waals surface area contributed by atoms with Gasteiger partial charge in [-0.2, -0.15) is 0 Å². The molecule has 14 heavy (non-hydrogen) atoms. The number of aliphatic hydroxyl groups excluding tert-OH is 1. The third-order valence-corrected chi connectivity index (χ3v) is 5.69. The van der Waals surface area contributed by atoms with Gasteiger partial charge in [-0.05, 0) is 18.6 Å². The van der Waals surface area contributed by atoms with Crippen molar-refractivity contribution in [3.8, 4) is 0 Å². The van der Waals surface area contributed by atoms with Gasteiger partial charge in [0.1, 0.15) is 4.21 Å². The standard InChI is InChI=1S/C8H12O3S3/c1-14(10,11)8-4-3-7(13-8)12-6-2-5-9/h3-4,9H,2,5-6H2,1H3. The highest BCUT2D eigenvalue weighted by atomic mass is 32.2. The third-order valence-electron chi connectivity index (χ3n) is 1.47. The maximum absolute atomic E-state index is 11.1. The maximum atomic E-state index is 11.1. The molecule has 1 rings (SSSR count). The minimum Gasteiger partial charge on any atom is -0.396 e. The molecule has 0 bridgehead atoms. The Morgan fingerprint density at radius 2 is 2.21 bits per heavy atom. The molecule has 0 aliphatic rings. The van der Waals surface area contributed by atoms with Crippen LogP contribution in [-0.2, 0) is 9.84 Å². The van der Waals surface area contributed by atoms with Gasteiger partial charge in [-0.3, -0.25) is 0 Å². The number of rotatable bonds is 5. The van der Waals surface area contributed by atoms with Crippen molar-refractivity contribution in [2.24, 2.45) is 0 Å². The summed E-state index contributed by atoms with van der Waals surface area (Å²) in [5.74, 6) is 0.820. The molecule has 0 unspecified atom stereocenters. The van der Waals surface area contributed by atoms with Crippen LogP contribution < -0.4 is 0 Å². The monoisotopic (exact) mass is 252 g/mol. The van der Waals surface area contributed by atoms with E-state index in [-0.39, 0.29) is 6.61 Å². The van der Waals surface area contributed by atoms with Crippen molar-refractivity contribution < 1.29 is 13.5 Å². The zero-order valence-corrected chi connectivity index (χ0v) is 10.2. The van der Waals surface area contributed by atoms with Gasteiger partial charge in [-0.25, -0.2) is 8.42 Å². The Bertz CT molecular complexity index is 380. The average molecular weight is 252 g/mol. The number of hydrogen-bond acceptors (Lipinski definition) is 5. The lowest BCUT2D eigenvalue weighted by atomic mass is 10.5. The second kappa shape index (κ2) is 5.16. The first kappa shape index (κ1) is 12.0. The topological polar surface area (TPSA) is 54.4 Å². The summed E-state index contributed by atoms with van der Waals surface area (Å²) in [5.41, 5.74) is 0. The number of thiophene rings is 1. The highest BCUT2D eigenvalue weighted by Crippen LogP contribution is 2.30. The summed E-state index contributed by atoms with van der Waals surface area (Å²) in [5, 5.41) is 8.57. The van der Waals surface area contributed by atoms with Crippen LogP contribution >= 0.6 is 23.1 Å². The normalized spacial score (nSPS) is 11.9. The Balaban J connectivity index is 2.60. The molecule has 1 aromatic rings. The summed E-state index contributed by atoms with van der Waals surface area (Å²) in [6.07, 6.45) is 1.94. The molecular formula is C8H12O3S3. The van der Waals surface area contributed by atoms with Crippen molar-refractivity contribution in [2.75, 3.05) is 18.6 Å². The fraction of sp³-hybridized carbons (Fsp3) is 0.500. The highest BCUT2D eigenvalue weighted by molar-refractivity contribution is 8.01. The van der Waals surface area contributed by atoms with Crippen LogP contribution in [0.4, 0.5) is 0 Å². The van der Waals surface area contributed by atoms with Gasteiger partial charge in [0.05, 0.1) is 4.21 Å². The fourth-order valence-corrected chi connectivity index (χ4v) is 4.03. The van der Waals surface area contributed by atoms with Crippen molar-refractivity contribution >= 4 is 32.9 Å². The van der Waals surface area contributed by atoms with E-state index in [9.17, 15) is 8.42 Å². The minimum absolute atomic E-state index is 0.178. The molecule has 3 nitrogen and oxygen atoms in total. The zero-order valence-electron chi connectivity index (χ0n) is 7.76. The number of aliphatic hydroxyl groups is 1. The SMILES string of the molecule is CS(=O)(=O)c1ccc(SCCCO)s1. The minimum atomic E-state index is -3.06. The van der Waals surface area contributed by atoms with Crippen LogP contribution in [-0.4, -0.2) is 32.1 Å². The van der Waals surface area contributed by atoms with Gasteiger partial charge in [0.15, 0.2) is 9.84 Å². The Labute approximate surface area is 92.1 Å². The Kier molecular flexibility index (Phi) is 4.43. The smallest absolute Gasteiger partial charge is 0.184 e. The average Bonchev–Trinajstić information content (AvgIpc) is 2.52. The van der Waals surface area contributed by atoms with Crippen molar-refractivity contribution in [1.29, 1.82) is 0 Å². The van der Waals surface area contributed by atoms with Crippen LogP contribution in [0.1, 0.15) is 6.42 Å². The molecule has 0 fully saturated rings. The van der Waals surface area contributed by atoms with Crippen molar-refractivity contribution in [1.82, 2.24) is 0 Å². The molecule has 0 spiro atoms. The Morgan fingerprint density at radius 1 is 1.50 bits per heavy atom. The van der Waals surface area contributed by atoms with E-state index in [4.69, 9.17) is 5.11 Å². The molecule has 0 aliphatic carbocycles.